The summed E-state index contributed by atoms with van der Waals surface area (Å²) in [6, 6.07) is 14.3. The fraction of sp³-hybridized carbons (Fsp3) is 0.294. The van der Waals surface area contributed by atoms with E-state index in [4.69, 9.17) is 5.73 Å². The van der Waals surface area contributed by atoms with E-state index >= 15 is 0 Å². The fourth-order valence-corrected chi connectivity index (χ4v) is 4.81. The molecule has 3 rings (SSSR count). The molecule has 0 saturated carbocycles. The zero-order valence-electron chi connectivity index (χ0n) is 12.7. The molecule has 2 aromatic carbocycles. The topological polar surface area (TPSA) is 83.6 Å². The Morgan fingerprint density at radius 3 is 2.52 bits per heavy atom. The molecule has 1 unspecified atom stereocenters. The molecule has 6 heteroatoms. The van der Waals surface area contributed by atoms with Gasteiger partial charge in [-0.15, -0.1) is 0 Å². The van der Waals surface area contributed by atoms with Gasteiger partial charge in [0.25, 0.3) is 0 Å². The molecule has 23 heavy (non-hydrogen) atoms. The lowest BCUT2D eigenvalue weighted by molar-refractivity contribution is 0.213. The lowest BCUT2D eigenvalue weighted by atomic mass is 10.1. The highest BCUT2D eigenvalue weighted by atomic mass is 32.2. The Labute approximate surface area is 136 Å². The van der Waals surface area contributed by atoms with E-state index in [0.29, 0.717) is 13.0 Å². The highest BCUT2D eigenvalue weighted by Gasteiger charge is 2.35. The summed E-state index contributed by atoms with van der Waals surface area (Å²) in [7, 11) is -3.68. The van der Waals surface area contributed by atoms with Crippen molar-refractivity contribution < 1.29 is 13.5 Å². The van der Waals surface area contributed by atoms with Crippen LogP contribution in [0.1, 0.15) is 12.8 Å². The number of aliphatic hydroxyl groups excluding tert-OH is 1. The van der Waals surface area contributed by atoms with Crippen molar-refractivity contribution in [3.63, 3.8) is 0 Å². The van der Waals surface area contributed by atoms with Gasteiger partial charge in [0.2, 0.25) is 10.0 Å². The molecule has 0 radical (unpaired) electrons. The summed E-state index contributed by atoms with van der Waals surface area (Å²) in [6.45, 7) is 0.259. The minimum atomic E-state index is -3.68. The molecule has 122 valence electrons. The lowest BCUT2D eigenvalue weighted by Gasteiger charge is -2.23. The van der Waals surface area contributed by atoms with E-state index in [0.717, 1.165) is 17.5 Å². The van der Waals surface area contributed by atoms with Crippen molar-refractivity contribution in [2.75, 3.05) is 18.9 Å². The summed E-state index contributed by atoms with van der Waals surface area (Å²) >= 11 is 0. The van der Waals surface area contributed by atoms with Crippen LogP contribution in [0.4, 0.5) is 5.69 Å². The second-order valence-electron chi connectivity index (χ2n) is 5.71. The first-order valence-electron chi connectivity index (χ1n) is 7.61. The predicted octanol–water partition coefficient (Wildman–Crippen LogP) is 2.08. The third-order valence-corrected chi connectivity index (χ3v) is 6.26. The van der Waals surface area contributed by atoms with Crippen LogP contribution < -0.4 is 5.73 Å². The quantitative estimate of drug-likeness (QED) is 0.840. The molecule has 0 aromatic heterocycles. The molecule has 1 heterocycles. The van der Waals surface area contributed by atoms with Crippen molar-refractivity contribution in [2.24, 2.45) is 0 Å². The second-order valence-corrected chi connectivity index (χ2v) is 7.57. The van der Waals surface area contributed by atoms with Gasteiger partial charge in [0, 0.05) is 12.6 Å². The standard InChI is InChI=1S/C17H20N2O3S/c18-16-11-14(13-5-2-1-3-6-13)8-9-17(16)23(21,22)19-10-4-7-15(19)12-20/h1-3,5-6,8-9,11,15,20H,4,7,10,12,18H2. The minimum Gasteiger partial charge on any atom is -0.398 e. The molecule has 1 saturated heterocycles. The van der Waals surface area contributed by atoms with E-state index < -0.39 is 10.0 Å². The maximum atomic E-state index is 12.8. The van der Waals surface area contributed by atoms with Crippen molar-refractivity contribution in [1.82, 2.24) is 4.31 Å². The highest BCUT2D eigenvalue weighted by Crippen LogP contribution is 2.31. The van der Waals surface area contributed by atoms with Gasteiger partial charge in [0.15, 0.2) is 0 Å². The van der Waals surface area contributed by atoms with Crippen molar-refractivity contribution >= 4 is 15.7 Å². The van der Waals surface area contributed by atoms with Gasteiger partial charge in [-0.1, -0.05) is 36.4 Å². The van der Waals surface area contributed by atoms with Crippen molar-refractivity contribution in [1.29, 1.82) is 0 Å². The Morgan fingerprint density at radius 2 is 1.87 bits per heavy atom. The molecule has 0 spiro atoms. The first kappa shape index (κ1) is 16.0. The van der Waals surface area contributed by atoms with Gasteiger partial charge in [0.1, 0.15) is 4.90 Å². The highest BCUT2D eigenvalue weighted by molar-refractivity contribution is 7.89. The molecule has 1 aliphatic heterocycles. The predicted molar refractivity (Wildman–Crippen MR) is 90.3 cm³/mol. The average Bonchev–Trinajstić information content (AvgIpc) is 3.05. The van der Waals surface area contributed by atoms with E-state index in [9.17, 15) is 13.5 Å². The smallest absolute Gasteiger partial charge is 0.245 e. The Morgan fingerprint density at radius 1 is 1.13 bits per heavy atom. The van der Waals surface area contributed by atoms with Gasteiger partial charge < -0.3 is 10.8 Å². The fourth-order valence-electron chi connectivity index (χ4n) is 3.03. The lowest BCUT2D eigenvalue weighted by Crippen LogP contribution is -2.37. The maximum Gasteiger partial charge on any atom is 0.245 e. The molecule has 1 aliphatic rings. The van der Waals surface area contributed by atoms with Crippen LogP contribution in [0.2, 0.25) is 0 Å². The van der Waals surface area contributed by atoms with Crippen LogP contribution in [0.5, 0.6) is 0 Å². The molecule has 1 atom stereocenters. The van der Waals surface area contributed by atoms with Gasteiger partial charge in [-0.3, -0.25) is 0 Å². The number of hydrogen-bond acceptors (Lipinski definition) is 4. The Bertz CT molecular complexity index is 791. The number of nitrogens with zero attached hydrogens (tertiary/aromatic N) is 1. The summed E-state index contributed by atoms with van der Waals surface area (Å²) in [5, 5.41) is 9.37. The number of hydrogen-bond donors (Lipinski definition) is 2. The number of sulfonamides is 1. The molecule has 0 amide bonds. The van der Waals surface area contributed by atoms with E-state index in [1.54, 1.807) is 18.2 Å². The van der Waals surface area contributed by atoms with Crippen molar-refractivity contribution in [2.45, 2.75) is 23.8 Å². The summed E-state index contributed by atoms with van der Waals surface area (Å²) in [4.78, 5) is 0.109. The third-order valence-electron chi connectivity index (χ3n) is 4.24. The molecular weight excluding hydrogens is 312 g/mol. The van der Waals surface area contributed by atoms with E-state index in [-0.39, 0.29) is 23.2 Å². The SMILES string of the molecule is Nc1cc(-c2ccccc2)ccc1S(=O)(=O)N1CCCC1CO. The van der Waals surface area contributed by atoms with Crippen LogP contribution in [-0.4, -0.2) is 37.0 Å². The number of anilines is 1. The van der Waals surface area contributed by atoms with Crippen LogP contribution in [0, 0.1) is 0 Å². The van der Waals surface area contributed by atoms with Gasteiger partial charge in [-0.05, 0) is 36.1 Å². The number of nitrogens with two attached hydrogens (primary N) is 1. The monoisotopic (exact) mass is 332 g/mol. The van der Waals surface area contributed by atoms with Crippen LogP contribution in [0.15, 0.2) is 53.4 Å². The number of rotatable bonds is 4. The largest absolute Gasteiger partial charge is 0.398 e. The summed E-state index contributed by atoms with van der Waals surface area (Å²) in [6.07, 6.45) is 1.43. The maximum absolute atomic E-state index is 12.8. The molecule has 3 N–H and O–H groups in total. The molecule has 1 fully saturated rings. The van der Waals surface area contributed by atoms with E-state index in [2.05, 4.69) is 0 Å². The van der Waals surface area contributed by atoms with Crippen LogP contribution in [-0.2, 0) is 10.0 Å². The van der Waals surface area contributed by atoms with Crippen molar-refractivity contribution in [3.05, 3.63) is 48.5 Å². The Balaban J connectivity index is 1.98. The molecule has 0 aliphatic carbocycles. The zero-order valence-corrected chi connectivity index (χ0v) is 13.5. The average molecular weight is 332 g/mol. The van der Waals surface area contributed by atoms with Gasteiger partial charge in [-0.25, -0.2) is 8.42 Å². The van der Waals surface area contributed by atoms with E-state index in [1.165, 1.54) is 4.31 Å². The Hall–Kier alpha value is -1.89. The first-order chi connectivity index (χ1) is 11.0. The van der Waals surface area contributed by atoms with Gasteiger partial charge >= 0.3 is 0 Å². The third kappa shape index (κ3) is 2.97. The van der Waals surface area contributed by atoms with Gasteiger partial charge in [-0.2, -0.15) is 4.31 Å². The molecular formula is C17H20N2O3S. The number of nitrogen functional groups attached to an aromatic ring is 1. The summed E-state index contributed by atoms with van der Waals surface area (Å²) in [5.74, 6) is 0. The first-order valence-corrected chi connectivity index (χ1v) is 9.05. The van der Waals surface area contributed by atoms with Gasteiger partial charge in [0.05, 0.1) is 12.3 Å². The minimum absolute atomic E-state index is 0.109. The zero-order chi connectivity index (χ0) is 16.4. The Kier molecular flexibility index (Phi) is 4.39. The molecule has 5 nitrogen and oxygen atoms in total. The van der Waals surface area contributed by atoms with Crippen LogP contribution >= 0.6 is 0 Å². The molecule has 2 aromatic rings. The second kappa shape index (κ2) is 6.31. The van der Waals surface area contributed by atoms with Crippen LogP contribution in [0.25, 0.3) is 11.1 Å². The summed E-state index contributed by atoms with van der Waals surface area (Å²) in [5.41, 5.74) is 8.12. The number of aliphatic hydroxyl groups is 1. The van der Waals surface area contributed by atoms with Crippen molar-refractivity contribution in [3.8, 4) is 11.1 Å². The normalized spacial score (nSPS) is 19.1. The van der Waals surface area contributed by atoms with Crippen LogP contribution in [0.3, 0.4) is 0 Å². The number of benzene rings is 2. The molecule has 0 bridgehead atoms. The van der Waals surface area contributed by atoms with E-state index in [1.807, 2.05) is 30.3 Å². The summed E-state index contributed by atoms with van der Waals surface area (Å²) < 4.78 is 27.0.